The minimum Gasteiger partial charge on any atom is -0.299 e. The van der Waals surface area contributed by atoms with E-state index in [1.807, 2.05) is 24.3 Å². The second-order valence-corrected chi connectivity index (χ2v) is 5.96. The molecule has 1 aromatic carbocycles. The molecule has 5 heteroatoms. The van der Waals surface area contributed by atoms with Gasteiger partial charge in [0, 0.05) is 18.3 Å². The number of alkyl halides is 3. The summed E-state index contributed by atoms with van der Waals surface area (Å²) in [6.07, 6.45) is 0.372. The fourth-order valence-corrected chi connectivity index (χ4v) is 2.89. The zero-order valence-electron chi connectivity index (χ0n) is 12.8. The summed E-state index contributed by atoms with van der Waals surface area (Å²) in [5.41, 5.74) is 1.90. The Kier molecular flexibility index (Phi) is 4.66. The highest BCUT2D eigenvalue weighted by atomic mass is 19.4. The van der Waals surface area contributed by atoms with Crippen LogP contribution in [0.4, 0.5) is 13.2 Å². The van der Waals surface area contributed by atoms with Crippen molar-refractivity contribution in [3.05, 3.63) is 53.7 Å². The molecule has 0 spiro atoms. The Morgan fingerprint density at radius 3 is 2.17 bits per heavy atom. The van der Waals surface area contributed by atoms with Crippen molar-refractivity contribution >= 4 is 0 Å². The molecular weight excluding hydrogens is 301 g/mol. The molecule has 1 aliphatic heterocycles. The molecule has 0 aliphatic carbocycles. The fourth-order valence-electron chi connectivity index (χ4n) is 2.89. The number of piperidine rings is 1. The van der Waals surface area contributed by atoms with Crippen molar-refractivity contribution in [1.82, 2.24) is 9.88 Å². The number of benzene rings is 1. The summed E-state index contributed by atoms with van der Waals surface area (Å²) in [6, 6.07) is 10.4. The smallest absolute Gasteiger partial charge is 0.299 e. The van der Waals surface area contributed by atoms with Crippen LogP contribution in [0.25, 0.3) is 11.3 Å². The van der Waals surface area contributed by atoms with E-state index in [2.05, 4.69) is 9.88 Å². The maximum atomic E-state index is 12.6. The third kappa shape index (κ3) is 4.10. The van der Waals surface area contributed by atoms with Gasteiger partial charge in [0.05, 0.1) is 11.3 Å². The molecule has 2 nitrogen and oxygen atoms in total. The van der Waals surface area contributed by atoms with Gasteiger partial charge in [0.2, 0.25) is 0 Å². The molecule has 1 aliphatic rings. The number of hydrogen-bond acceptors (Lipinski definition) is 2. The predicted octanol–water partition coefficient (Wildman–Crippen LogP) is 4.75. The topological polar surface area (TPSA) is 16.1 Å². The summed E-state index contributed by atoms with van der Waals surface area (Å²) >= 11 is 0. The summed E-state index contributed by atoms with van der Waals surface area (Å²) < 4.78 is 37.7. The highest BCUT2D eigenvalue weighted by molar-refractivity contribution is 5.59. The Morgan fingerprint density at radius 2 is 1.61 bits per heavy atom. The van der Waals surface area contributed by atoms with Crippen molar-refractivity contribution in [2.45, 2.75) is 32.0 Å². The zero-order chi connectivity index (χ0) is 16.3. The van der Waals surface area contributed by atoms with Gasteiger partial charge in [-0.3, -0.25) is 9.88 Å². The van der Waals surface area contributed by atoms with Gasteiger partial charge in [-0.15, -0.1) is 0 Å². The van der Waals surface area contributed by atoms with E-state index in [4.69, 9.17) is 0 Å². The van der Waals surface area contributed by atoms with Crippen molar-refractivity contribution in [2.75, 3.05) is 13.1 Å². The van der Waals surface area contributed by atoms with E-state index in [1.54, 1.807) is 0 Å². The van der Waals surface area contributed by atoms with Crippen LogP contribution < -0.4 is 0 Å². The number of likely N-dealkylation sites (tertiary alicyclic amines) is 1. The molecule has 0 N–H and O–H groups in total. The van der Waals surface area contributed by atoms with Gasteiger partial charge < -0.3 is 0 Å². The van der Waals surface area contributed by atoms with E-state index >= 15 is 0 Å². The van der Waals surface area contributed by atoms with Crippen LogP contribution in [0.15, 0.2) is 42.6 Å². The summed E-state index contributed by atoms with van der Waals surface area (Å²) in [5.74, 6) is 0. The lowest BCUT2D eigenvalue weighted by Crippen LogP contribution is -2.28. The van der Waals surface area contributed by atoms with E-state index in [0.717, 1.165) is 37.5 Å². The monoisotopic (exact) mass is 320 g/mol. The van der Waals surface area contributed by atoms with Gasteiger partial charge in [0.1, 0.15) is 0 Å². The van der Waals surface area contributed by atoms with E-state index in [9.17, 15) is 13.2 Å². The summed E-state index contributed by atoms with van der Waals surface area (Å²) in [5, 5.41) is 0. The second-order valence-electron chi connectivity index (χ2n) is 5.96. The molecule has 2 heterocycles. The minimum atomic E-state index is -4.34. The van der Waals surface area contributed by atoms with Gasteiger partial charge >= 0.3 is 6.18 Å². The number of nitrogens with zero attached hydrogens (tertiary/aromatic N) is 2. The number of halogens is 3. The van der Waals surface area contributed by atoms with Gasteiger partial charge in [0.15, 0.2) is 0 Å². The largest absolute Gasteiger partial charge is 0.417 e. The van der Waals surface area contributed by atoms with Crippen LogP contribution >= 0.6 is 0 Å². The lowest BCUT2D eigenvalue weighted by Gasteiger charge is -2.26. The molecule has 1 saturated heterocycles. The van der Waals surface area contributed by atoms with E-state index in [-0.39, 0.29) is 0 Å². The van der Waals surface area contributed by atoms with Gasteiger partial charge in [-0.1, -0.05) is 30.7 Å². The lowest BCUT2D eigenvalue weighted by atomic mass is 10.1. The Bertz CT molecular complexity index is 627. The quantitative estimate of drug-likeness (QED) is 0.811. The first-order valence-electron chi connectivity index (χ1n) is 7.87. The highest BCUT2D eigenvalue weighted by Gasteiger charge is 2.30. The normalized spacial score (nSPS) is 16.5. The fraction of sp³-hybridized carbons (Fsp3) is 0.389. The predicted molar refractivity (Wildman–Crippen MR) is 83.8 cm³/mol. The van der Waals surface area contributed by atoms with Crippen molar-refractivity contribution in [2.24, 2.45) is 0 Å². The Labute approximate surface area is 134 Å². The molecule has 2 aromatic rings. The van der Waals surface area contributed by atoms with Gasteiger partial charge in [0.25, 0.3) is 0 Å². The minimum absolute atomic E-state index is 0.558. The molecule has 0 radical (unpaired) electrons. The average molecular weight is 320 g/mol. The first-order chi connectivity index (χ1) is 11.0. The summed E-state index contributed by atoms with van der Waals surface area (Å²) in [6.45, 7) is 3.21. The molecule has 1 aromatic heterocycles. The summed E-state index contributed by atoms with van der Waals surface area (Å²) in [7, 11) is 0. The van der Waals surface area contributed by atoms with E-state index in [0.29, 0.717) is 5.69 Å². The SMILES string of the molecule is FC(F)(F)c1ccc(-c2ccc(CN3CCCCC3)cc2)nc1. The maximum absolute atomic E-state index is 12.6. The van der Waals surface area contributed by atoms with Gasteiger partial charge in [-0.2, -0.15) is 13.2 Å². The molecule has 3 rings (SSSR count). The van der Waals surface area contributed by atoms with Crippen LogP contribution in [0.1, 0.15) is 30.4 Å². The molecule has 1 fully saturated rings. The first-order valence-corrected chi connectivity index (χ1v) is 7.87. The Morgan fingerprint density at radius 1 is 0.913 bits per heavy atom. The number of pyridine rings is 1. The highest BCUT2D eigenvalue weighted by Crippen LogP contribution is 2.29. The van der Waals surface area contributed by atoms with Crippen molar-refractivity contribution < 1.29 is 13.2 Å². The maximum Gasteiger partial charge on any atom is 0.417 e. The molecule has 0 unspecified atom stereocenters. The van der Waals surface area contributed by atoms with Crippen LogP contribution in [0.2, 0.25) is 0 Å². The molecule has 122 valence electrons. The second kappa shape index (κ2) is 6.71. The standard InChI is InChI=1S/C18H19F3N2/c19-18(20,21)16-8-9-17(22-12-16)15-6-4-14(5-7-15)13-23-10-2-1-3-11-23/h4-9,12H,1-3,10-11,13H2. The van der Waals surface area contributed by atoms with Crippen molar-refractivity contribution in [3.63, 3.8) is 0 Å². The number of rotatable bonds is 3. The first kappa shape index (κ1) is 16.0. The third-order valence-electron chi connectivity index (χ3n) is 4.20. The molecular formula is C18H19F3N2. The Hall–Kier alpha value is -1.88. The Balaban J connectivity index is 1.69. The average Bonchev–Trinajstić information content (AvgIpc) is 2.56. The van der Waals surface area contributed by atoms with E-state index < -0.39 is 11.7 Å². The molecule has 0 bridgehead atoms. The molecule has 0 amide bonds. The molecule has 0 saturated carbocycles. The van der Waals surface area contributed by atoms with Gasteiger partial charge in [-0.25, -0.2) is 0 Å². The number of hydrogen-bond donors (Lipinski definition) is 0. The van der Waals surface area contributed by atoms with Crippen LogP contribution in [-0.2, 0) is 12.7 Å². The number of aromatic nitrogens is 1. The molecule has 0 atom stereocenters. The van der Waals surface area contributed by atoms with Crippen molar-refractivity contribution in [1.29, 1.82) is 0 Å². The van der Waals surface area contributed by atoms with Gasteiger partial charge in [-0.05, 0) is 43.6 Å². The summed E-state index contributed by atoms with van der Waals surface area (Å²) in [4.78, 5) is 6.37. The van der Waals surface area contributed by atoms with Crippen molar-refractivity contribution in [3.8, 4) is 11.3 Å². The van der Waals surface area contributed by atoms with E-state index in [1.165, 1.54) is 30.9 Å². The third-order valence-corrected chi connectivity index (χ3v) is 4.20. The van der Waals surface area contributed by atoms with Crippen LogP contribution in [0, 0.1) is 0 Å². The molecule has 23 heavy (non-hydrogen) atoms. The van der Waals surface area contributed by atoms with Crippen LogP contribution in [0.5, 0.6) is 0 Å². The lowest BCUT2D eigenvalue weighted by molar-refractivity contribution is -0.137. The van der Waals surface area contributed by atoms with Crippen LogP contribution in [0.3, 0.4) is 0 Å². The van der Waals surface area contributed by atoms with Crippen LogP contribution in [-0.4, -0.2) is 23.0 Å². The zero-order valence-corrected chi connectivity index (χ0v) is 12.8.